The summed E-state index contributed by atoms with van der Waals surface area (Å²) in [6.45, 7) is 2.73. The summed E-state index contributed by atoms with van der Waals surface area (Å²) in [5, 5.41) is -0.0915. The highest BCUT2D eigenvalue weighted by Crippen LogP contribution is 2.45. The molecule has 0 unspecified atom stereocenters. The minimum atomic E-state index is -0.818. The molecule has 174 valence electrons. The van der Waals surface area contributed by atoms with Crippen molar-refractivity contribution in [1.29, 1.82) is 0 Å². The van der Waals surface area contributed by atoms with Gasteiger partial charge >= 0.3 is 0 Å². The molecule has 2 bridgehead atoms. The summed E-state index contributed by atoms with van der Waals surface area (Å²) in [6.07, 6.45) is 10.6. The Kier molecular flexibility index (Phi) is 4.94. The van der Waals surface area contributed by atoms with Crippen molar-refractivity contribution in [3.05, 3.63) is 57.4 Å². The van der Waals surface area contributed by atoms with Crippen molar-refractivity contribution in [3.63, 3.8) is 0 Å². The maximum absolute atomic E-state index is 14.4. The highest BCUT2D eigenvalue weighted by atomic mass is 19.1. The zero-order valence-corrected chi connectivity index (χ0v) is 18.9. The number of pyridine rings is 1. The molecule has 4 heterocycles. The van der Waals surface area contributed by atoms with E-state index in [1.165, 1.54) is 35.6 Å². The Bertz CT molecular complexity index is 1240. The van der Waals surface area contributed by atoms with Crippen LogP contribution in [0.5, 0.6) is 0 Å². The molecular weight excluding hydrogens is 424 g/mol. The van der Waals surface area contributed by atoms with E-state index in [1.54, 1.807) is 7.05 Å². The smallest absolute Gasteiger partial charge is 0.259 e. The van der Waals surface area contributed by atoms with Crippen molar-refractivity contribution in [2.45, 2.75) is 50.6 Å². The van der Waals surface area contributed by atoms with Crippen LogP contribution < -0.4 is 5.43 Å². The second-order valence-electron chi connectivity index (χ2n) is 10.3. The van der Waals surface area contributed by atoms with Crippen molar-refractivity contribution < 1.29 is 13.6 Å². The minimum absolute atomic E-state index is 0.00923. The Balaban J connectivity index is 1.40. The molecule has 4 aliphatic rings. The molecule has 0 spiro atoms. The SMILES string of the molecule is Cn1cc(C(=O)N2CCCC3=C[C@H]4C[C@@H](CN5CCCC[C@@H]45)[C@@H]32)c(=O)c2cc(F)cc(F)c21. The van der Waals surface area contributed by atoms with E-state index in [2.05, 4.69) is 11.0 Å². The number of aryl methyl sites for hydroxylation is 1. The number of amides is 1. The Hall–Kier alpha value is -2.54. The molecule has 1 aromatic heterocycles. The van der Waals surface area contributed by atoms with Gasteiger partial charge in [0.05, 0.1) is 16.9 Å². The van der Waals surface area contributed by atoms with Crippen molar-refractivity contribution in [3.8, 4) is 0 Å². The molecule has 1 amide bonds. The summed E-state index contributed by atoms with van der Waals surface area (Å²) in [4.78, 5) is 31.5. The monoisotopic (exact) mass is 453 g/mol. The number of hydrogen-bond donors (Lipinski definition) is 0. The van der Waals surface area contributed by atoms with E-state index >= 15 is 0 Å². The molecule has 3 saturated heterocycles. The first-order valence-electron chi connectivity index (χ1n) is 12.2. The van der Waals surface area contributed by atoms with Crippen LogP contribution in [-0.4, -0.2) is 52.0 Å². The molecular formula is C26H29F2N3O2. The van der Waals surface area contributed by atoms with Crippen LogP contribution in [0, 0.1) is 23.5 Å². The van der Waals surface area contributed by atoms with Crippen LogP contribution in [0.25, 0.3) is 10.9 Å². The molecule has 2 aromatic rings. The summed E-state index contributed by atoms with van der Waals surface area (Å²) in [5.74, 6) is -1.01. The van der Waals surface area contributed by atoms with Gasteiger partial charge in [-0.15, -0.1) is 0 Å². The number of nitrogens with zero attached hydrogens (tertiary/aromatic N) is 3. The average molecular weight is 454 g/mol. The van der Waals surface area contributed by atoms with E-state index in [4.69, 9.17) is 0 Å². The van der Waals surface area contributed by atoms with Crippen molar-refractivity contribution in [2.24, 2.45) is 18.9 Å². The van der Waals surface area contributed by atoms with Gasteiger partial charge in [0, 0.05) is 38.4 Å². The van der Waals surface area contributed by atoms with E-state index in [9.17, 15) is 18.4 Å². The Morgan fingerprint density at radius 2 is 1.97 bits per heavy atom. The topological polar surface area (TPSA) is 45.6 Å². The molecule has 0 radical (unpaired) electrons. The van der Waals surface area contributed by atoms with Gasteiger partial charge in [0.2, 0.25) is 5.43 Å². The van der Waals surface area contributed by atoms with Crippen LogP contribution in [-0.2, 0) is 7.05 Å². The lowest BCUT2D eigenvalue weighted by atomic mass is 9.68. The predicted molar refractivity (Wildman–Crippen MR) is 122 cm³/mol. The Morgan fingerprint density at radius 1 is 1.12 bits per heavy atom. The molecule has 0 saturated carbocycles. The lowest BCUT2D eigenvalue weighted by Crippen LogP contribution is -2.60. The second-order valence-corrected chi connectivity index (χ2v) is 10.3. The number of carbonyl (C=O) groups excluding carboxylic acids is 1. The summed E-state index contributed by atoms with van der Waals surface area (Å²) < 4.78 is 29.7. The normalized spacial score (nSPS) is 29.4. The summed E-state index contributed by atoms with van der Waals surface area (Å²) >= 11 is 0. The molecule has 6 rings (SSSR count). The minimum Gasteiger partial charge on any atom is -0.347 e. The van der Waals surface area contributed by atoms with Crippen LogP contribution >= 0.6 is 0 Å². The number of rotatable bonds is 1. The predicted octanol–water partition coefficient (Wildman–Crippen LogP) is 3.85. The molecule has 7 heteroatoms. The third-order valence-electron chi connectivity index (χ3n) is 8.34. The maximum Gasteiger partial charge on any atom is 0.259 e. The second kappa shape index (κ2) is 7.76. The van der Waals surface area contributed by atoms with Crippen LogP contribution in [0.1, 0.15) is 48.9 Å². The standard InChI is InChI=1S/C26H29F2N3O2/c1-29-14-20(25(32)19-11-18(27)12-21(28)24(19)29)26(33)31-8-4-5-15-9-16-10-17(23(15)31)13-30-7-3-2-6-22(16)30/h9,11-12,14,16-17,22-23H,2-8,10,13H2,1H3/t16-,17-,22-,23+/m0/s1. The first kappa shape index (κ1) is 21.0. The van der Waals surface area contributed by atoms with Gasteiger partial charge in [-0.05, 0) is 56.6 Å². The number of halogens is 2. The molecule has 3 aliphatic heterocycles. The van der Waals surface area contributed by atoms with E-state index in [0.29, 0.717) is 24.4 Å². The molecule has 1 aromatic carbocycles. The van der Waals surface area contributed by atoms with Gasteiger partial charge < -0.3 is 9.47 Å². The van der Waals surface area contributed by atoms with Gasteiger partial charge in [0.25, 0.3) is 5.91 Å². The molecule has 3 fully saturated rings. The zero-order valence-electron chi connectivity index (χ0n) is 18.9. The highest BCUT2D eigenvalue weighted by molar-refractivity contribution is 5.98. The lowest BCUT2D eigenvalue weighted by Gasteiger charge is -2.54. The number of benzene rings is 1. The van der Waals surface area contributed by atoms with E-state index in [-0.39, 0.29) is 28.4 Å². The van der Waals surface area contributed by atoms with E-state index in [0.717, 1.165) is 44.5 Å². The van der Waals surface area contributed by atoms with Crippen molar-refractivity contribution >= 4 is 16.8 Å². The van der Waals surface area contributed by atoms with Crippen molar-refractivity contribution in [2.75, 3.05) is 19.6 Å². The van der Waals surface area contributed by atoms with E-state index < -0.39 is 17.1 Å². The fraction of sp³-hybridized carbons (Fsp3) is 0.538. The summed E-state index contributed by atoms with van der Waals surface area (Å²) in [7, 11) is 1.59. The van der Waals surface area contributed by atoms with Crippen LogP contribution in [0.15, 0.2) is 34.8 Å². The maximum atomic E-state index is 14.4. The Morgan fingerprint density at radius 3 is 2.82 bits per heavy atom. The van der Waals surface area contributed by atoms with Gasteiger partial charge in [-0.1, -0.05) is 18.1 Å². The highest BCUT2D eigenvalue weighted by Gasteiger charge is 2.47. The first-order chi connectivity index (χ1) is 15.9. The molecule has 5 nitrogen and oxygen atoms in total. The molecule has 33 heavy (non-hydrogen) atoms. The average Bonchev–Trinajstić information content (AvgIpc) is 2.80. The number of piperidine rings is 3. The number of fused-ring (bicyclic) bond motifs is 7. The Labute approximate surface area is 191 Å². The fourth-order valence-corrected chi connectivity index (χ4v) is 7.07. The van der Waals surface area contributed by atoms with Crippen LogP contribution in [0.3, 0.4) is 0 Å². The van der Waals surface area contributed by atoms with Crippen molar-refractivity contribution in [1.82, 2.24) is 14.4 Å². The number of likely N-dealkylation sites (tertiary alicyclic amines) is 1. The molecule has 0 N–H and O–H groups in total. The van der Waals surface area contributed by atoms with E-state index in [1.807, 2.05) is 4.90 Å². The number of carbonyl (C=O) groups is 1. The third kappa shape index (κ3) is 3.27. The first-order valence-corrected chi connectivity index (χ1v) is 12.2. The van der Waals surface area contributed by atoms with Gasteiger partial charge in [0.15, 0.2) is 0 Å². The molecule has 1 aliphatic carbocycles. The summed E-state index contributed by atoms with van der Waals surface area (Å²) in [5.41, 5.74) is 0.748. The van der Waals surface area contributed by atoms with Crippen LogP contribution in [0.4, 0.5) is 8.78 Å². The quantitative estimate of drug-likeness (QED) is 0.617. The van der Waals surface area contributed by atoms with Gasteiger partial charge in [-0.3, -0.25) is 14.5 Å². The van der Waals surface area contributed by atoms with Gasteiger partial charge in [-0.2, -0.15) is 0 Å². The number of hydrogen-bond acceptors (Lipinski definition) is 3. The zero-order chi connectivity index (χ0) is 22.9. The van der Waals surface area contributed by atoms with Crippen LogP contribution in [0.2, 0.25) is 0 Å². The van der Waals surface area contributed by atoms with Gasteiger partial charge in [0.1, 0.15) is 17.2 Å². The third-order valence-corrected chi connectivity index (χ3v) is 8.34. The lowest BCUT2D eigenvalue weighted by molar-refractivity contribution is 0.00142. The number of aromatic nitrogens is 1. The fourth-order valence-electron chi connectivity index (χ4n) is 7.07. The molecule has 4 atom stereocenters. The summed E-state index contributed by atoms with van der Waals surface area (Å²) in [6, 6.07) is 2.43. The van der Waals surface area contributed by atoms with Gasteiger partial charge in [-0.25, -0.2) is 8.78 Å². The largest absolute Gasteiger partial charge is 0.347 e.